The van der Waals surface area contributed by atoms with E-state index in [1.807, 2.05) is 6.92 Å². The Labute approximate surface area is 127 Å². The number of aromatic nitrogens is 1. The molecule has 1 aromatic carbocycles. The van der Waals surface area contributed by atoms with Gasteiger partial charge in [-0.15, -0.1) is 0 Å². The maximum absolute atomic E-state index is 13.5. The summed E-state index contributed by atoms with van der Waals surface area (Å²) in [5.74, 6) is -1.10. The fraction of sp³-hybridized carbons (Fsp3) is 0.375. The van der Waals surface area contributed by atoms with Gasteiger partial charge in [-0.05, 0) is 31.0 Å². The summed E-state index contributed by atoms with van der Waals surface area (Å²) in [5.41, 5.74) is 0.478. The first-order valence-electron chi connectivity index (χ1n) is 7.21. The zero-order chi connectivity index (χ0) is 16.3. The van der Waals surface area contributed by atoms with Crippen LogP contribution in [-0.4, -0.2) is 28.6 Å². The minimum Gasteiger partial charge on any atom is -0.391 e. The topological polar surface area (TPSA) is 82.2 Å². The molecular formula is C16H19FN2O3. The van der Waals surface area contributed by atoms with E-state index in [2.05, 4.69) is 10.3 Å². The van der Waals surface area contributed by atoms with Crippen molar-refractivity contribution in [2.24, 2.45) is 0 Å². The lowest BCUT2D eigenvalue weighted by molar-refractivity contribution is 0.0909. The summed E-state index contributed by atoms with van der Waals surface area (Å²) in [6.45, 7) is 3.69. The van der Waals surface area contributed by atoms with E-state index in [0.29, 0.717) is 17.5 Å². The van der Waals surface area contributed by atoms with Gasteiger partial charge >= 0.3 is 0 Å². The van der Waals surface area contributed by atoms with Gasteiger partial charge in [-0.2, -0.15) is 0 Å². The van der Waals surface area contributed by atoms with Gasteiger partial charge in [0.15, 0.2) is 0 Å². The fourth-order valence-corrected chi connectivity index (χ4v) is 2.38. The molecule has 1 unspecified atom stereocenters. The number of H-pyrrole nitrogens is 1. The number of aryl methyl sites for hydroxylation is 1. The Morgan fingerprint density at radius 3 is 2.86 bits per heavy atom. The second-order valence-electron chi connectivity index (χ2n) is 5.33. The third kappa shape index (κ3) is 3.33. The first-order chi connectivity index (χ1) is 10.4. The monoisotopic (exact) mass is 306 g/mol. The van der Waals surface area contributed by atoms with Crippen LogP contribution in [0.2, 0.25) is 0 Å². The summed E-state index contributed by atoms with van der Waals surface area (Å²) < 4.78 is 13.5. The number of fused-ring (bicyclic) bond motifs is 1. The molecule has 1 atom stereocenters. The third-order valence-corrected chi connectivity index (χ3v) is 3.52. The number of hydrogen-bond donors (Lipinski definition) is 3. The number of pyridine rings is 1. The molecular weight excluding hydrogens is 287 g/mol. The molecule has 0 fully saturated rings. The lowest BCUT2D eigenvalue weighted by Gasteiger charge is -2.11. The quantitative estimate of drug-likeness (QED) is 0.788. The van der Waals surface area contributed by atoms with Gasteiger partial charge in [-0.25, -0.2) is 4.39 Å². The number of halogens is 1. The van der Waals surface area contributed by atoms with Crippen molar-refractivity contribution in [3.63, 3.8) is 0 Å². The Morgan fingerprint density at radius 1 is 1.45 bits per heavy atom. The van der Waals surface area contributed by atoms with Crippen molar-refractivity contribution in [3.05, 3.63) is 45.5 Å². The minimum absolute atomic E-state index is 0.0757. The number of rotatable bonds is 5. The van der Waals surface area contributed by atoms with E-state index in [-0.39, 0.29) is 17.5 Å². The van der Waals surface area contributed by atoms with E-state index in [1.165, 1.54) is 12.3 Å². The number of hydrogen-bond acceptors (Lipinski definition) is 3. The van der Waals surface area contributed by atoms with E-state index < -0.39 is 23.3 Å². The van der Waals surface area contributed by atoms with Crippen LogP contribution in [0.5, 0.6) is 0 Å². The lowest BCUT2D eigenvalue weighted by atomic mass is 10.1. The predicted octanol–water partition coefficient (Wildman–Crippen LogP) is 1.87. The second-order valence-corrected chi connectivity index (χ2v) is 5.33. The van der Waals surface area contributed by atoms with Gasteiger partial charge in [0, 0.05) is 18.1 Å². The van der Waals surface area contributed by atoms with Crippen LogP contribution in [0.1, 0.15) is 35.7 Å². The fourth-order valence-electron chi connectivity index (χ4n) is 2.38. The Bertz CT molecular complexity index is 755. The van der Waals surface area contributed by atoms with E-state index in [1.54, 1.807) is 6.92 Å². The number of carbonyl (C=O) groups excluding carboxylic acids is 1. The average Bonchev–Trinajstić information content (AvgIpc) is 2.46. The highest BCUT2D eigenvalue weighted by molar-refractivity contribution is 5.97. The molecule has 22 heavy (non-hydrogen) atoms. The average molecular weight is 306 g/mol. The van der Waals surface area contributed by atoms with E-state index >= 15 is 0 Å². The van der Waals surface area contributed by atoms with Gasteiger partial charge in [0.2, 0.25) is 5.43 Å². The van der Waals surface area contributed by atoms with Gasteiger partial charge in [-0.1, -0.05) is 13.3 Å². The van der Waals surface area contributed by atoms with Crippen molar-refractivity contribution in [1.29, 1.82) is 0 Å². The Hall–Kier alpha value is -2.21. The molecule has 0 bridgehead atoms. The van der Waals surface area contributed by atoms with Crippen LogP contribution >= 0.6 is 0 Å². The van der Waals surface area contributed by atoms with Crippen LogP contribution in [0.4, 0.5) is 4.39 Å². The maximum Gasteiger partial charge on any atom is 0.256 e. The maximum atomic E-state index is 13.5. The van der Waals surface area contributed by atoms with E-state index in [9.17, 15) is 19.1 Å². The highest BCUT2D eigenvalue weighted by atomic mass is 19.1. The van der Waals surface area contributed by atoms with Gasteiger partial charge in [0.25, 0.3) is 5.91 Å². The Kier molecular flexibility index (Phi) is 4.92. The van der Waals surface area contributed by atoms with E-state index in [4.69, 9.17) is 0 Å². The van der Waals surface area contributed by atoms with Crippen molar-refractivity contribution in [3.8, 4) is 0 Å². The van der Waals surface area contributed by atoms with Gasteiger partial charge in [0.05, 0.1) is 11.6 Å². The lowest BCUT2D eigenvalue weighted by Crippen LogP contribution is -2.34. The van der Waals surface area contributed by atoms with Crippen LogP contribution in [-0.2, 0) is 0 Å². The van der Waals surface area contributed by atoms with Gasteiger partial charge < -0.3 is 15.4 Å². The molecule has 0 spiro atoms. The van der Waals surface area contributed by atoms with Crippen LogP contribution in [0.3, 0.4) is 0 Å². The Morgan fingerprint density at radius 2 is 2.18 bits per heavy atom. The molecule has 5 nitrogen and oxygen atoms in total. The molecule has 6 heteroatoms. The number of aromatic amines is 1. The summed E-state index contributed by atoms with van der Waals surface area (Å²) in [7, 11) is 0. The molecule has 0 radical (unpaired) electrons. The molecule has 0 saturated heterocycles. The van der Waals surface area contributed by atoms with Gasteiger partial charge in [-0.3, -0.25) is 9.59 Å². The normalized spacial score (nSPS) is 12.4. The summed E-state index contributed by atoms with van der Waals surface area (Å²) >= 11 is 0. The zero-order valence-electron chi connectivity index (χ0n) is 12.6. The smallest absolute Gasteiger partial charge is 0.256 e. The molecule has 2 aromatic rings. The number of aliphatic hydroxyl groups is 1. The molecule has 0 aliphatic heterocycles. The molecule has 3 N–H and O–H groups in total. The summed E-state index contributed by atoms with van der Waals surface area (Å²) in [5, 5.41) is 12.3. The molecule has 118 valence electrons. The highest BCUT2D eigenvalue weighted by Crippen LogP contribution is 2.15. The number of aliphatic hydroxyl groups excluding tert-OH is 1. The number of amides is 1. The van der Waals surface area contributed by atoms with Crippen molar-refractivity contribution in [2.75, 3.05) is 6.54 Å². The standard InChI is InChI=1S/C16H19FN2O3/c1-3-4-11(20)7-19-16(22)13-8-18-14-9(2)5-10(17)6-12(14)15(13)21/h5-6,8,11,20H,3-4,7H2,1-2H3,(H,18,21)(H,19,22). The highest BCUT2D eigenvalue weighted by Gasteiger charge is 2.15. The molecule has 1 heterocycles. The second kappa shape index (κ2) is 6.70. The molecule has 0 aliphatic carbocycles. The summed E-state index contributed by atoms with van der Waals surface area (Å²) in [6.07, 6.45) is 2.04. The number of nitrogens with one attached hydrogen (secondary N) is 2. The first kappa shape index (κ1) is 16.2. The largest absolute Gasteiger partial charge is 0.391 e. The Balaban J connectivity index is 2.31. The van der Waals surface area contributed by atoms with Crippen LogP contribution in [0, 0.1) is 12.7 Å². The predicted molar refractivity (Wildman–Crippen MR) is 82.5 cm³/mol. The molecule has 1 amide bonds. The van der Waals surface area contributed by atoms with Crippen molar-refractivity contribution >= 4 is 16.8 Å². The molecule has 1 aromatic heterocycles. The van der Waals surface area contributed by atoms with Crippen LogP contribution < -0.4 is 10.7 Å². The molecule has 0 saturated carbocycles. The van der Waals surface area contributed by atoms with Crippen LogP contribution in [0.15, 0.2) is 23.1 Å². The van der Waals surface area contributed by atoms with Crippen LogP contribution in [0.25, 0.3) is 10.9 Å². The van der Waals surface area contributed by atoms with E-state index in [0.717, 1.165) is 12.5 Å². The SMILES string of the molecule is CCCC(O)CNC(=O)c1c[nH]c2c(C)cc(F)cc2c1=O. The number of carbonyl (C=O) groups is 1. The zero-order valence-corrected chi connectivity index (χ0v) is 12.6. The first-order valence-corrected chi connectivity index (χ1v) is 7.21. The van der Waals surface area contributed by atoms with Crippen molar-refractivity contribution < 1.29 is 14.3 Å². The third-order valence-electron chi connectivity index (χ3n) is 3.52. The summed E-state index contributed by atoms with van der Waals surface area (Å²) in [6, 6.07) is 2.43. The van der Waals surface area contributed by atoms with Crippen molar-refractivity contribution in [2.45, 2.75) is 32.8 Å². The minimum atomic E-state index is -0.645. The number of benzene rings is 1. The van der Waals surface area contributed by atoms with Crippen molar-refractivity contribution in [1.82, 2.24) is 10.3 Å². The van der Waals surface area contributed by atoms with Gasteiger partial charge in [0.1, 0.15) is 11.4 Å². The molecule has 2 rings (SSSR count). The molecule has 0 aliphatic rings. The summed E-state index contributed by atoms with van der Waals surface area (Å²) in [4.78, 5) is 27.2.